The van der Waals surface area contributed by atoms with E-state index in [1.54, 1.807) is 36.7 Å². The highest BCUT2D eigenvalue weighted by molar-refractivity contribution is 5.94. The van der Waals surface area contributed by atoms with Crippen molar-refractivity contribution in [2.75, 3.05) is 24.5 Å². The molecule has 1 amide bonds. The molecule has 6 heteroatoms. The number of nitrogens with one attached hydrogen (secondary N) is 1. The number of rotatable bonds is 8. The molecule has 1 aliphatic heterocycles. The Morgan fingerprint density at radius 1 is 0.935 bits per heavy atom. The Morgan fingerprint density at radius 3 is 2.45 bits per heavy atom. The Balaban J connectivity index is 1.31. The number of benzene rings is 2. The summed E-state index contributed by atoms with van der Waals surface area (Å²) in [7, 11) is 0. The number of hydrogen-bond acceptors (Lipinski definition) is 5. The highest BCUT2D eigenvalue weighted by atomic mass is 16.5. The molecule has 1 fully saturated rings. The van der Waals surface area contributed by atoms with Crippen LogP contribution in [0.4, 0.5) is 5.82 Å². The van der Waals surface area contributed by atoms with Crippen molar-refractivity contribution in [3.05, 3.63) is 78.1 Å². The predicted molar refractivity (Wildman–Crippen MR) is 122 cm³/mol. The van der Waals surface area contributed by atoms with Crippen molar-refractivity contribution in [3.63, 3.8) is 0 Å². The molecule has 1 aromatic heterocycles. The van der Waals surface area contributed by atoms with Crippen molar-refractivity contribution in [1.29, 1.82) is 0 Å². The lowest BCUT2D eigenvalue weighted by Crippen LogP contribution is -2.30. The molecule has 0 bridgehead atoms. The summed E-state index contributed by atoms with van der Waals surface area (Å²) in [5.41, 5.74) is 1.90. The second-order valence-electron chi connectivity index (χ2n) is 7.70. The summed E-state index contributed by atoms with van der Waals surface area (Å²) in [6.45, 7) is 2.58. The van der Waals surface area contributed by atoms with Gasteiger partial charge < -0.3 is 15.0 Å². The lowest BCUT2D eigenvalue weighted by Gasteiger charge is -2.28. The van der Waals surface area contributed by atoms with Crippen LogP contribution in [0.1, 0.15) is 41.6 Å². The molecule has 0 radical (unpaired) electrons. The van der Waals surface area contributed by atoms with Gasteiger partial charge in [-0.3, -0.25) is 4.79 Å². The van der Waals surface area contributed by atoms with Crippen molar-refractivity contribution in [3.8, 4) is 11.6 Å². The molecule has 0 spiro atoms. The van der Waals surface area contributed by atoms with Crippen molar-refractivity contribution >= 4 is 11.7 Å². The maximum Gasteiger partial charge on any atom is 0.263 e. The average Bonchev–Trinajstić information content (AvgIpc) is 2.84. The molecule has 1 aliphatic rings. The molecular weight excluding hydrogens is 388 g/mol. The maximum atomic E-state index is 12.4. The summed E-state index contributed by atoms with van der Waals surface area (Å²) in [5.74, 6) is 1.84. The molecule has 2 heterocycles. The van der Waals surface area contributed by atoms with Crippen molar-refractivity contribution in [2.24, 2.45) is 0 Å². The number of anilines is 1. The zero-order valence-electron chi connectivity index (χ0n) is 17.7. The van der Waals surface area contributed by atoms with E-state index in [1.807, 2.05) is 18.2 Å². The van der Waals surface area contributed by atoms with Crippen LogP contribution in [0.5, 0.6) is 11.6 Å². The molecule has 0 aliphatic carbocycles. The van der Waals surface area contributed by atoms with E-state index in [9.17, 15) is 4.79 Å². The minimum atomic E-state index is -0.0758. The van der Waals surface area contributed by atoms with Crippen molar-refractivity contribution in [2.45, 2.75) is 32.1 Å². The Bertz CT molecular complexity index is 970. The second kappa shape index (κ2) is 10.6. The minimum absolute atomic E-state index is 0.0758. The Hall–Kier alpha value is -3.41. The fourth-order valence-corrected chi connectivity index (χ4v) is 3.74. The number of piperidine rings is 1. The largest absolute Gasteiger partial charge is 0.436 e. The van der Waals surface area contributed by atoms with E-state index in [-0.39, 0.29) is 5.91 Å². The van der Waals surface area contributed by atoms with Crippen LogP contribution in [-0.2, 0) is 6.42 Å². The Labute approximate surface area is 183 Å². The molecule has 2 aromatic carbocycles. The van der Waals surface area contributed by atoms with E-state index in [2.05, 4.69) is 32.3 Å². The van der Waals surface area contributed by atoms with Gasteiger partial charge in [0.15, 0.2) is 5.82 Å². The fraction of sp³-hybridized carbons (Fsp3) is 0.320. The van der Waals surface area contributed by atoms with E-state index < -0.39 is 0 Å². The van der Waals surface area contributed by atoms with Gasteiger partial charge in [-0.05, 0) is 61.9 Å². The number of ether oxygens (including phenoxy) is 1. The van der Waals surface area contributed by atoms with Gasteiger partial charge in [0.1, 0.15) is 5.75 Å². The van der Waals surface area contributed by atoms with Gasteiger partial charge in [0.2, 0.25) is 0 Å². The van der Waals surface area contributed by atoms with E-state index in [1.165, 1.54) is 12.0 Å². The standard InChI is InChI=1S/C25H28N4O2/c30-24(27-15-7-10-20-8-3-1-4-9-20)21-11-13-22(14-12-21)31-25-23(26-16-17-28-25)29-18-5-2-6-19-29/h1,3-4,8-9,11-14,16-17H,2,5-7,10,15,18-19H2,(H,27,30). The molecular formula is C25H28N4O2. The van der Waals surface area contributed by atoms with Crippen LogP contribution in [-0.4, -0.2) is 35.5 Å². The molecule has 4 rings (SSSR count). The van der Waals surface area contributed by atoms with Crippen LogP contribution in [0, 0.1) is 0 Å². The van der Waals surface area contributed by atoms with Crippen LogP contribution in [0.2, 0.25) is 0 Å². The zero-order chi connectivity index (χ0) is 21.3. The number of nitrogens with zero attached hydrogens (tertiary/aromatic N) is 3. The number of hydrogen-bond donors (Lipinski definition) is 1. The van der Waals surface area contributed by atoms with Gasteiger partial charge >= 0.3 is 0 Å². The number of amides is 1. The average molecular weight is 417 g/mol. The molecule has 160 valence electrons. The third-order valence-corrected chi connectivity index (χ3v) is 5.40. The Kier molecular flexibility index (Phi) is 7.11. The molecule has 1 saturated heterocycles. The summed E-state index contributed by atoms with van der Waals surface area (Å²) in [6.07, 6.45) is 8.76. The van der Waals surface area contributed by atoms with Crippen LogP contribution in [0.15, 0.2) is 67.0 Å². The number of aromatic nitrogens is 2. The first-order valence-corrected chi connectivity index (χ1v) is 11.0. The van der Waals surface area contributed by atoms with E-state index in [0.29, 0.717) is 23.7 Å². The summed E-state index contributed by atoms with van der Waals surface area (Å²) in [6, 6.07) is 17.4. The molecule has 0 atom stereocenters. The van der Waals surface area contributed by atoms with Crippen molar-refractivity contribution in [1.82, 2.24) is 15.3 Å². The van der Waals surface area contributed by atoms with Gasteiger partial charge in [-0.25, -0.2) is 9.97 Å². The van der Waals surface area contributed by atoms with Crippen LogP contribution in [0.25, 0.3) is 0 Å². The highest BCUT2D eigenvalue weighted by Crippen LogP contribution is 2.29. The molecule has 0 unspecified atom stereocenters. The lowest BCUT2D eigenvalue weighted by molar-refractivity contribution is 0.0953. The van der Waals surface area contributed by atoms with Gasteiger partial charge in [0.25, 0.3) is 11.8 Å². The van der Waals surface area contributed by atoms with Crippen LogP contribution in [0.3, 0.4) is 0 Å². The van der Waals surface area contributed by atoms with Crippen molar-refractivity contribution < 1.29 is 9.53 Å². The van der Waals surface area contributed by atoms with Gasteiger partial charge in [-0.1, -0.05) is 30.3 Å². The lowest BCUT2D eigenvalue weighted by atomic mass is 10.1. The first-order valence-electron chi connectivity index (χ1n) is 11.0. The molecule has 31 heavy (non-hydrogen) atoms. The summed E-state index contributed by atoms with van der Waals surface area (Å²) in [4.78, 5) is 23.5. The first kappa shape index (κ1) is 20.8. The van der Waals surface area contributed by atoms with Gasteiger partial charge in [0.05, 0.1) is 0 Å². The molecule has 6 nitrogen and oxygen atoms in total. The number of aryl methyl sites for hydroxylation is 1. The molecule has 0 saturated carbocycles. The van der Waals surface area contributed by atoms with Gasteiger partial charge in [-0.2, -0.15) is 0 Å². The smallest absolute Gasteiger partial charge is 0.263 e. The summed E-state index contributed by atoms with van der Waals surface area (Å²) >= 11 is 0. The Morgan fingerprint density at radius 2 is 1.68 bits per heavy atom. The molecule has 3 aromatic rings. The summed E-state index contributed by atoms with van der Waals surface area (Å²) < 4.78 is 6.00. The van der Waals surface area contributed by atoms with E-state index in [4.69, 9.17) is 4.74 Å². The number of carbonyl (C=O) groups is 1. The third kappa shape index (κ3) is 5.81. The van der Waals surface area contributed by atoms with Gasteiger partial charge in [0, 0.05) is 37.6 Å². The molecule has 1 N–H and O–H groups in total. The first-order chi connectivity index (χ1) is 15.3. The monoisotopic (exact) mass is 416 g/mol. The number of carbonyl (C=O) groups excluding carboxylic acids is 1. The minimum Gasteiger partial charge on any atom is -0.436 e. The SMILES string of the molecule is O=C(NCCCc1ccccc1)c1ccc(Oc2nccnc2N2CCCCC2)cc1. The van der Waals surface area contributed by atoms with E-state index >= 15 is 0 Å². The van der Waals surface area contributed by atoms with Gasteiger partial charge in [-0.15, -0.1) is 0 Å². The fourth-order valence-electron chi connectivity index (χ4n) is 3.74. The topological polar surface area (TPSA) is 67.3 Å². The van der Waals surface area contributed by atoms with Crippen LogP contribution >= 0.6 is 0 Å². The zero-order valence-corrected chi connectivity index (χ0v) is 17.7. The van der Waals surface area contributed by atoms with E-state index in [0.717, 1.165) is 44.6 Å². The quantitative estimate of drug-likeness (QED) is 0.543. The third-order valence-electron chi connectivity index (χ3n) is 5.40. The predicted octanol–water partition coefficient (Wildman–Crippen LogP) is 4.62. The van der Waals surface area contributed by atoms with Crippen LogP contribution < -0.4 is 15.0 Å². The normalized spacial score (nSPS) is 13.6. The maximum absolute atomic E-state index is 12.4. The summed E-state index contributed by atoms with van der Waals surface area (Å²) in [5, 5.41) is 2.98. The second-order valence-corrected chi connectivity index (χ2v) is 7.70. The highest BCUT2D eigenvalue weighted by Gasteiger charge is 2.18.